The average Bonchev–Trinajstić information content (AvgIpc) is 2.76. The molecule has 0 heterocycles. The fourth-order valence-electron chi connectivity index (χ4n) is 2.93. The molecule has 0 spiro atoms. The van der Waals surface area contributed by atoms with Gasteiger partial charge in [0, 0.05) is 15.7 Å². The topological polar surface area (TPSA) is 75.7 Å². The Kier molecular flexibility index (Phi) is 7.66. The van der Waals surface area contributed by atoms with Gasteiger partial charge in [-0.3, -0.25) is 9.10 Å². The van der Waals surface area contributed by atoms with Crippen LogP contribution in [0.2, 0.25) is 10.0 Å². The second-order valence-electron chi connectivity index (χ2n) is 6.90. The molecule has 0 saturated carbocycles. The summed E-state index contributed by atoms with van der Waals surface area (Å²) in [4.78, 5) is 12.8. The summed E-state index contributed by atoms with van der Waals surface area (Å²) < 4.78 is 33.3. The van der Waals surface area contributed by atoms with Crippen molar-refractivity contribution in [2.45, 2.75) is 18.7 Å². The smallest absolute Gasteiger partial charge is 0.264 e. The number of nitrogens with one attached hydrogen (secondary N) is 1. The summed E-state index contributed by atoms with van der Waals surface area (Å²) in [7, 11) is -4.05. The van der Waals surface area contributed by atoms with Crippen LogP contribution in [0, 0.1) is 6.92 Å². The van der Waals surface area contributed by atoms with Crippen LogP contribution in [0.25, 0.3) is 0 Å². The number of nitrogens with zero attached hydrogens (tertiary/aromatic N) is 1. The van der Waals surface area contributed by atoms with Gasteiger partial charge in [0.25, 0.3) is 10.0 Å². The minimum atomic E-state index is -4.05. The van der Waals surface area contributed by atoms with Gasteiger partial charge in [0.05, 0.1) is 17.2 Å². The first-order valence-corrected chi connectivity index (χ1v) is 12.0. The molecular formula is C23H22Cl2N2O4S. The minimum Gasteiger partial charge on any atom is -0.494 e. The Morgan fingerprint density at radius 3 is 2.25 bits per heavy atom. The quantitative estimate of drug-likeness (QED) is 0.448. The molecule has 0 aromatic heterocycles. The van der Waals surface area contributed by atoms with Crippen LogP contribution >= 0.6 is 23.2 Å². The number of hydrogen-bond acceptors (Lipinski definition) is 4. The number of carbonyl (C=O) groups is 1. The molecule has 3 aromatic rings. The number of hydrogen-bond donors (Lipinski definition) is 1. The fourth-order valence-corrected chi connectivity index (χ4v) is 4.65. The molecule has 1 amide bonds. The van der Waals surface area contributed by atoms with E-state index in [0.717, 1.165) is 9.87 Å². The highest BCUT2D eigenvalue weighted by molar-refractivity contribution is 7.92. The zero-order chi connectivity index (χ0) is 23.3. The van der Waals surface area contributed by atoms with Gasteiger partial charge in [-0.1, -0.05) is 29.3 Å². The molecular weight excluding hydrogens is 471 g/mol. The van der Waals surface area contributed by atoms with E-state index in [1.165, 1.54) is 24.3 Å². The summed E-state index contributed by atoms with van der Waals surface area (Å²) in [5, 5.41) is 3.61. The molecule has 0 aliphatic rings. The van der Waals surface area contributed by atoms with Crippen LogP contribution in [0.1, 0.15) is 12.5 Å². The van der Waals surface area contributed by atoms with Gasteiger partial charge >= 0.3 is 0 Å². The summed E-state index contributed by atoms with van der Waals surface area (Å²) in [5.74, 6) is 0.0789. The molecule has 3 aromatic carbocycles. The molecule has 0 aliphatic carbocycles. The molecule has 0 bridgehead atoms. The molecule has 168 valence electrons. The maximum absolute atomic E-state index is 13.4. The van der Waals surface area contributed by atoms with Crippen LogP contribution in [0.15, 0.2) is 71.6 Å². The third-order valence-electron chi connectivity index (χ3n) is 4.58. The van der Waals surface area contributed by atoms with Gasteiger partial charge in [0.2, 0.25) is 5.91 Å². The first-order valence-electron chi connectivity index (χ1n) is 9.78. The maximum atomic E-state index is 13.4. The second-order valence-corrected chi connectivity index (χ2v) is 9.61. The molecule has 0 fully saturated rings. The summed E-state index contributed by atoms with van der Waals surface area (Å²) >= 11 is 12.0. The number of rotatable bonds is 8. The molecule has 3 rings (SSSR count). The van der Waals surface area contributed by atoms with Gasteiger partial charge in [0.1, 0.15) is 12.3 Å². The highest BCUT2D eigenvalue weighted by Gasteiger charge is 2.27. The Hall–Kier alpha value is -2.74. The monoisotopic (exact) mass is 492 g/mol. The summed E-state index contributed by atoms with van der Waals surface area (Å²) in [6.45, 7) is 3.74. The van der Waals surface area contributed by atoms with Crippen molar-refractivity contribution in [3.05, 3.63) is 82.3 Å². The Balaban J connectivity index is 1.93. The molecule has 0 atom stereocenters. The largest absolute Gasteiger partial charge is 0.494 e. The lowest BCUT2D eigenvalue weighted by Gasteiger charge is -2.24. The van der Waals surface area contributed by atoms with Crippen molar-refractivity contribution in [2.24, 2.45) is 0 Å². The van der Waals surface area contributed by atoms with Crippen molar-refractivity contribution in [1.29, 1.82) is 0 Å². The lowest BCUT2D eigenvalue weighted by molar-refractivity contribution is -0.114. The van der Waals surface area contributed by atoms with Gasteiger partial charge in [-0.2, -0.15) is 0 Å². The van der Waals surface area contributed by atoms with Crippen LogP contribution in [0.3, 0.4) is 0 Å². The van der Waals surface area contributed by atoms with E-state index in [0.29, 0.717) is 33.8 Å². The molecule has 0 radical (unpaired) electrons. The van der Waals surface area contributed by atoms with Crippen molar-refractivity contribution in [3.8, 4) is 5.75 Å². The zero-order valence-electron chi connectivity index (χ0n) is 17.5. The van der Waals surface area contributed by atoms with Crippen molar-refractivity contribution in [1.82, 2.24) is 0 Å². The van der Waals surface area contributed by atoms with E-state index in [-0.39, 0.29) is 4.90 Å². The van der Waals surface area contributed by atoms with E-state index < -0.39 is 22.5 Å². The van der Waals surface area contributed by atoms with Crippen LogP contribution in [0.5, 0.6) is 5.75 Å². The van der Waals surface area contributed by atoms with E-state index >= 15 is 0 Å². The van der Waals surface area contributed by atoms with Crippen molar-refractivity contribution >= 4 is 50.5 Å². The summed E-state index contributed by atoms with van der Waals surface area (Å²) in [6, 6.07) is 17.3. The van der Waals surface area contributed by atoms with E-state index in [9.17, 15) is 13.2 Å². The lowest BCUT2D eigenvalue weighted by atomic mass is 10.2. The fraction of sp³-hybridized carbons (Fsp3) is 0.174. The van der Waals surface area contributed by atoms with Gasteiger partial charge in [-0.25, -0.2) is 8.42 Å². The molecule has 0 saturated heterocycles. The number of sulfonamides is 1. The zero-order valence-corrected chi connectivity index (χ0v) is 19.8. The van der Waals surface area contributed by atoms with Crippen molar-refractivity contribution in [2.75, 3.05) is 22.8 Å². The highest BCUT2D eigenvalue weighted by Crippen LogP contribution is 2.27. The number of halogens is 2. The predicted octanol–water partition coefficient (Wildman–Crippen LogP) is 5.53. The number of benzene rings is 3. The Morgan fingerprint density at radius 2 is 1.66 bits per heavy atom. The number of anilines is 2. The first kappa shape index (κ1) is 23.9. The van der Waals surface area contributed by atoms with Crippen LogP contribution in [-0.4, -0.2) is 27.5 Å². The van der Waals surface area contributed by atoms with Crippen molar-refractivity contribution < 1.29 is 17.9 Å². The molecule has 0 unspecified atom stereocenters. The number of aryl methyl sites for hydroxylation is 1. The highest BCUT2D eigenvalue weighted by atomic mass is 35.5. The maximum Gasteiger partial charge on any atom is 0.264 e. The normalized spacial score (nSPS) is 11.1. The van der Waals surface area contributed by atoms with Gasteiger partial charge in [-0.05, 0) is 80.1 Å². The van der Waals surface area contributed by atoms with Gasteiger partial charge in [-0.15, -0.1) is 0 Å². The van der Waals surface area contributed by atoms with Crippen LogP contribution in [-0.2, 0) is 14.8 Å². The van der Waals surface area contributed by atoms with Crippen molar-refractivity contribution in [3.63, 3.8) is 0 Å². The molecule has 0 aliphatic heterocycles. The van der Waals surface area contributed by atoms with E-state index in [2.05, 4.69) is 5.32 Å². The Labute approximate surface area is 197 Å². The lowest BCUT2D eigenvalue weighted by Crippen LogP contribution is -2.38. The SMILES string of the molecule is CCOc1ccc(N(CC(=O)Nc2ccc(C)c(Cl)c2)S(=O)(=O)c2ccc(Cl)cc2)cc1. The standard InChI is InChI=1S/C23H22Cl2N2O4S/c1-3-31-20-10-8-19(9-11-20)27(32(29,30)21-12-5-17(24)6-13-21)15-23(28)26-18-7-4-16(2)22(25)14-18/h4-14H,3,15H2,1-2H3,(H,26,28). The van der Waals surface area contributed by atoms with Gasteiger partial charge < -0.3 is 10.1 Å². The first-order chi connectivity index (χ1) is 15.2. The predicted molar refractivity (Wildman–Crippen MR) is 128 cm³/mol. The summed E-state index contributed by atoms with van der Waals surface area (Å²) in [6.07, 6.45) is 0. The molecule has 9 heteroatoms. The second kappa shape index (κ2) is 10.3. The number of ether oxygens (including phenoxy) is 1. The minimum absolute atomic E-state index is 0.0157. The average molecular weight is 493 g/mol. The summed E-state index contributed by atoms with van der Waals surface area (Å²) in [5.41, 5.74) is 1.66. The van der Waals surface area contributed by atoms with Gasteiger partial charge in [0.15, 0.2) is 0 Å². The Bertz CT molecular complexity index is 1200. The number of carbonyl (C=O) groups excluding carboxylic acids is 1. The van der Waals surface area contributed by atoms with Crippen LogP contribution in [0.4, 0.5) is 11.4 Å². The molecule has 6 nitrogen and oxygen atoms in total. The molecule has 32 heavy (non-hydrogen) atoms. The van der Waals surface area contributed by atoms with E-state index in [1.807, 2.05) is 13.8 Å². The number of amides is 1. The van der Waals surface area contributed by atoms with Crippen LogP contribution < -0.4 is 14.4 Å². The third-order valence-corrected chi connectivity index (χ3v) is 7.03. The van der Waals surface area contributed by atoms with E-state index in [1.54, 1.807) is 42.5 Å². The Morgan fingerprint density at radius 1 is 1.00 bits per heavy atom. The van der Waals surface area contributed by atoms with E-state index in [4.69, 9.17) is 27.9 Å². The molecule has 1 N–H and O–H groups in total. The third kappa shape index (κ3) is 5.73.